The van der Waals surface area contributed by atoms with Crippen LogP contribution in [0.15, 0.2) is 59.6 Å². The minimum Gasteiger partial charge on any atom is -0.496 e. The number of methoxy groups -OCH3 is 1. The number of ether oxygens (including phenoxy) is 2. The second kappa shape index (κ2) is 15.8. The van der Waals surface area contributed by atoms with Gasteiger partial charge in [0.25, 0.3) is 5.91 Å². The van der Waals surface area contributed by atoms with Crippen molar-refractivity contribution in [3.63, 3.8) is 0 Å². The van der Waals surface area contributed by atoms with Gasteiger partial charge in [-0.25, -0.2) is 4.79 Å². The standard InChI is InChI=1S/C31H44N4O4/c1-4-6-7-13-22-32-29(35-30(37)39-5-2)34-25-18-20-31(21-19-25,24-14-9-8-10-15-24)23-33-28(36)26-16-11-12-17-27(26)38-3/h8-12,14-17,25H,4-7,13,18-23H2,1-3H3,(H,33,36)(H2,32,34,35,37). The molecular weight excluding hydrogens is 492 g/mol. The third kappa shape index (κ3) is 9.01. The van der Waals surface area contributed by atoms with Crippen LogP contribution in [-0.2, 0) is 10.2 Å². The van der Waals surface area contributed by atoms with Crippen LogP contribution in [0.2, 0.25) is 0 Å². The minimum absolute atomic E-state index is 0.140. The van der Waals surface area contributed by atoms with Crippen molar-refractivity contribution in [1.29, 1.82) is 0 Å². The summed E-state index contributed by atoms with van der Waals surface area (Å²) in [6.07, 6.45) is 7.44. The summed E-state index contributed by atoms with van der Waals surface area (Å²) in [5.41, 5.74) is 1.56. The molecule has 0 bridgehead atoms. The Morgan fingerprint density at radius 2 is 1.67 bits per heavy atom. The molecule has 0 aliphatic heterocycles. The summed E-state index contributed by atoms with van der Waals surface area (Å²) in [6.45, 7) is 5.53. The lowest BCUT2D eigenvalue weighted by molar-refractivity contribution is 0.0932. The Bertz CT molecular complexity index is 1070. The summed E-state index contributed by atoms with van der Waals surface area (Å²) in [6, 6.07) is 17.8. The van der Waals surface area contributed by atoms with Gasteiger partial charge in [-0.2, -0.15) is 0 Å². The lowest BCUT2D eigenvalue weighted by atomic mass is 9.68. The van der Waals surface area contributed by atoms with Gasteiger partial charge < -0.3 is 25.4 Å². The van der Waals surface area contributed by atoms with E-state index in [2.05, 4.69) is 52.1 Å². The molecule has 39 heavy (non-hydrogen) atoms. The zero-order valence-corrected chi connectivity index (χ0v) is 23.6. The molecule has 2 amide bonds. The molecule has 1 fully saturated rings. The van der Waals surface area contributed by atoms with Crippen LogP contribution in [0.5, 0.6) is 5.75 Å². The molecule has 2 aromatic rings. The molecule has 1 saturated carbocycles. The van der Waals surface area contributed by atoms with Crippen molar-refractivity contribution >= 4 is 18.0 Å². The maximum atomic E-state index is 13.1. The number of carbonyl (C=O) groups is 2. The van der Waals surface area contributed by atoms with Crippen molar-refractivity contribution in [3.05, 3.63) is 65.7 Å². The molecule has 3 N–H and O–H groups in total. The smallest absolute Gasteiger partial charge is 0.436 e. The Kier molecular flexibility index (Phi) is 12.1. The molecule has 0 saturated heterocycles. The van der Waals surface area contributed by atoms with Crippen LogP contribution in [0, 0.1) is 0 Å². The molecule has 0 unspecified atom stereocenters. The van der Waals surface area contributed by atoms with E-state index in [1.165, 1.54) is 18.4 Å². The average Bonchev–Trinajstić information content (AvgIpc) is 2.97. The molecule has 212 valence electrons. The molecule has 0 spiro atoms. The Labute approximate surface area is 233 Å². The number of hydrogen-bond acceptors (Lipinski definition) is 4. The van der Waals surface area contributed by atoms with E-state index in [0.717, 1.165) is 45.1 Å². The van der Waals surface area contributed by atoms with Crippen LogP contribution in [0.4, 0.5) is 4.79 Å². The maximum absolute atomic E-state index is 13.1. The van der Waals surface area contributed by atoms with E-state index in [0.29, 0.717) is 23.8 Å². The molecule has 0 aromatic heterocycles. The summed E-state index contributed by atoms with van der Waals surface area (Å²) in [4.78, 5) is 29.3. The number of rotatable bonds is 12. The number of unbranched alkanes of at least 4 members (excludes halogenated alkanes) is 3. The van der Waals surface area contributed by atoms with E-state index < -0.39 is 6.09 Å². The molecule has 0 radical (unpaired) electrons. The topological polar surface area (TPSA) is 101 Å². The molecule has 0 atom stereocenters. The van der Waals surface area contributed by atoms with Gasteiger partial charge in [0.15, 0.2) is 0 Å². The Balaban J connectivity index is 1.67. The van der Waals surface area contributed by atoms with Gasteiger partial charge in [0.05, 0.1) is 19.3 Å². The summed E-state index contributed by atoms with van der Waals surface area (Å²) in [5, 5.41) is 9.96. The Morgan fingerprint density at radius 1 is 0.949 bits per heavy atom. The number of hydrogen-bond donors (Lipinski definition) is 3. The summed E-state index contributed by atoms with van der Waals surface area (Å²) >= 11 is 0. The third-order valence-electron chi connectivity index (χ3n) is 7.40. The number of benzene rings is 2. The van der Waals surface area contributed by atoms with Gasteiger partial charge in [-0.15, -0.1) is 4.99 Å². The monoisotopic (exact) mass is 536 g/mol. The van der Waals surface area contributed by atoms with Gasteiger partial charge in [0, 0.05) is 24.5 Å². The van der Waals surface area contributed by atoms with Crippen molar-refractivity contribution in [1.82, 2.24) is 16.0 Å². The fourth-order valence-electron chi connectivity index (χ4n) is 5.17. The normalized spacial score (nSPS) is 19.2. The maximum Gasteiger partial charge on any atom is 0.436 e. The fourth-order valence-corrected chi connectivity index (χ4v) is 5.17. The molecule has 8 heteroatoms. The summed E-state index contributed by atoms with van der Waals surface area (Å²) in [7, 11) is 1.57. The van der Waals surface area contributed by atoms with Gasteiger partial charge in [-0.1, -0.05) is 68.7 Å². The average molecular weight is 537 g/mol. The van der Waals surface area contributed by atoms with E-state index in [4.69, 9.17) is 9.47 Å². The van der Waals surface area contributed by atoms with Crippen LogP contribution in [-0.4, -0.2) is 50.8 Å². The van der Waals surface area contributed by atoms with Gasteiger partial charge in [-0.3, -0.25) is 4.79 Å². The number of nitrogens with one attached hydrogen (secondary N) is 3. The quantitative estimate of drug-likeness (QED) is 0.186. The first-order chi connectivity index (χ1) is 19.0. The van der Waals surface area contributed by atoms with E-state index in [9.17, 15) is 9.59 Å². The Hall–Kier alpha value is -3.55. The van der Waals surface area contributed by atoms with E-state index >= 15 is 0 Å². The van der Waals surface area contributed by atoms with Gasteiger partial charge in [0.1, 0.15) is 5.75 Å². The molecule has 1 aliphatic rings. The van der Waals surface area contributed by atoms with Gasteiger partial charge in [0.2, 0.25) is 5.96 Å². The SMILES string of the molecule is CCCCCCNC(=NC(=O)OCC)NC1CCC(CNC(=O)c2ccccc2OC)(c2ccccc2)CC1. The highest BCUT2D eigenvalue weighted by molar-refractivity contribution is 5.97. The summed E-state index contributed by atoms with van der Waals surface area (Å²) in [5.74, 6) is 0.901. The van der Waals surface area contributed by atoms with Crippen LogP contribution >= 0.6 is 0 Å². The second-order valence-electron chi connectivity index (χ2n) is 10.1. The first-order valence-corrected chi connectivity index (χ1v) is 14.2. The largest absolute Gasteiger partial charge is 0.496 e. The second-order valence-corrected chi connectivity index (χ2v) is 10.1. The van der Waals surface area contributed by atoms with Gasteiger partial charge in [-0.05, 0) is 56.7 Å². The number of amides is 2. The first kappa shape index (κ1) is 30.0. The lowest BCUT2D eigenvalue weighted by Gasteiger charge is -2.41. The Morgan fingerprint density at radius 3 is 2.36 bits per heavy atom. The van der Waals surface area contributed by atoms with Crippen LogP contribution in [0.3, 0.4) is 0 Å². The van der Waals surface area contributed by atoms with Crippen molar-refractivity contribution in [2.24, 2.45) is 4.99 Å². The molecular formula is C31H44N4O4. The minimum atomic E-state index is -0.588. The van der Waals surface area contributed by atoms with Crippen LogP contribution < -0.4 is 20.7 Å². The number of guanidine groups is 1. The highest BCUT2D eigenvalue weighted by Crippen LogP contribution is 2.39. The van der Waals surface area contributed by atoms with Crippen molar-refractivity contribution in [2.45, 2.75) is 76.7 Å². The van der Waals surface area contributed by atoms with Gasteiger partial charge >= 0.3 is 6.09 Å². The molecule has 1 aliphatic carbocycles. The third-order valence-corrected chi connectivity index (χ3v) is 7.40. The van der Waals surface area contributed by atoms with Crippen LogP contribution in [0.1, 0.15) is 81.1 Å². The number of aliphatic imine (C=N–C) groups is 1. The fraction of sp³-hybridized carbons (Fsp3) is 0.516. The highest BCUT2D eigenvalue weighted by Gasteiger charge is 2.37. The van der Waals surface area contributed by atoms with E-state index in [1.54, 1.807) is 26.2 Å². The number of carbonyl (C=O) groups excluding carboxylic acids is 2. The first-order valence-electron chi connectivity index (χ1n) is 14.2. The van der Waals surface area contributed by atoms with Crippen molar-refractivity contribution in [2.75, 3.05) is 26.8 Å². The number of nitrogens with zero attached hydrogens (tertiary/aromatic N) is 1. The molecule has 0 heterocycles. The van der Waals surface area contributed by atoms with Crippen LogP contribution in [0.25, 0.3) is 0 Å². The van der Waals surface area contributed by atoms with E-state index in [1.807, 2.05) is 18.2 Å². The number of para-hydroxylation sites is 1. The van der Waals surface area contributed by atoms with E-state index in [-0.39, 0.29) is 24.0 Å². The predicted octanol–water partition coefficient (Wildman–Crippen LogP) is 5.58. The van der Waals surface area contributed by atoms with Crippen molar-refractivity contribution < 1.29 is 19.1 Å². The zero-order valence-electron chi connectivity index (χ0n) is 23.6. The lowest BCUT2D eigenvalue weighted by Crippen LogP contribution is -2.50. The summed E-state index contributed by atoms with van der Waals surface area (Å²) < 4.78 is 10.4. The predicted molar refractivity (Wildman–Crippen MR) is 155 cm³/mol. The molecule has 2 aromatic carbocycles. The highest BCUT2D eigenvalue weighted by atomic mass is 16.5. The molecule has 3 rings (SSSR count). The molecule has 8 nitrogen and oxygen atoms in total. The zero-order chi connectivity index (χ0) is 27.9. The van der Waals surface area contributed by atoms with Crippen molar-refractivity contribution in [3.8, 4) is 5.75 Å².